The van der Waals surface area contributed by atoms with E-state index in [1.54, 1.807) is 12.1 Å². The number of thiazole rings is 1. The van der Waals surface area contributed by atoms with Crippen molar-refractivity contribution in [3.8, 4) is 43.8 Å². The van der Waals surface area contributed by atoms with E-state index in [0.29, 0.717) is 49.4 Å². The Morgan fingerprint density at radius 3 is 1.90 bits per heavy atom. The number of ether oxygens (including phenoxy) is 1. The lowest BCUT2D eigenvalue weighted by Gasteiger charge is -2.28. The van der Waals surface area contributed by atoms with Crippen molar-refractivity contribution in [2.24, 2.45) is 0 Å². The van der Waals surface area contributed by atoms with E-state index in [-0.39, 0.29) is 17.2 Å². The first-order chi connectivity index (χ1) is 23.5. The molecule has 0 atom stereocenters. The van der Waals surface area contributed by atoms with E-state index >= 15 is 0 Å². The van der Waals surface area contributed by atoms with E-state index in [0.717, 1.165) is 33.1 Å². The first-order valence-electron chi connectivity index (χ1n) is 16.5. The number of nitrogens with zero attached hydrogens (tertiary/aromatic N) is 3. The normalized spacial score (nSPS) is 11.3. The number of hydrogen-bond acceptors (Lipinski definition) is 10. The topological polar surface area (TPSA) is 118 Å². The van der Waals surface area contributed by atoms with E-state index in [1.165, 1.54) is 18.4 Å². The molecule has 4 aromatic rings. The highest BCUT2D eigenvalue weighted by Gasteiger charge is 2.39. The molecule has 0 saturated heterocycles. The Balaban J connectivity index is 1.61. The number of aromatic nitrogens is 1. The van der Waals surface area contributed by atoms with Crippen LogP contribution in [0.15, 0.2) is 60.7 Å². The highest BCUT2D eigenvalue weighted by Crippen LogP contribution is 2.45. The van der Waals surface area contributed by atoms with Crippen LogP contribution in [0.3, 0.4) is 0 Å². The minimum absolute atomic E-state index is 0.174. The van der Waals surface area contributed by atoms with Gasteiger partial charge >= 0.3 is 14.8 Å². The predicted octanol–water partition coefficient (Wildman–Crippen LogP) is 7.55. The molecule has 11 nitrogen and oxygen atoms in total. The monoisotopic (exact) mass is 707 g/mol. The third kappa shape index (κ3) is 9.52. The van der Waals surface area contributed by atoms with Gasteiger partial charge in [0.15, 0.2) is 11.5 Å². The van der Waals surface area contributed by atoms with Gasteiger partial charge in [-0.2, -0.15) is 0 Å². The molecule has 1 aromatic heterocycles. The lowest BCUT2D eigenvalue weighted by molar-refractivity contribution is 0.0708. The average molecular weight is 708 g/mol. The van der Waals surface area contributed by atoms with E-state index in [4.69, 9.17) is 23.0 Å². The summed E-state index contributed by atoms with van der Waals surface area (Å²) < 4.78 is 23.3. The standard InChI is InChI=1S/C36H49N5O6SSi/c1-9-45-49(46-10-2,47-11-3)22-12-21-37-36(43)38-30-23-27(24-31(44-8)33(30)42)35-39-32(25-13-17-28(18-14-25)40(4)5)34(48-35)26-15-19-29(20-16-26)41(6)7/h13-20,23-24,42H,9-12,21-22H2,1-8H3,(H2,37,38,43). The second kappa shape index (κ2) is 17.5. The van der Waals surface area contributed by atoms with Crippen LogP contribution in [0.25, 0.3) is 32.3 Å². The molecule has 3 N–H and O–H groups in total. The Hall–Kier alpha value is -4.14. The van der Waals surface area contributed by atoms with Gasteiger partial charge in [-0.25, -0.2) is 9.78 Å². The van der Waals surface area contributed by atoms with Gasteiger partial charge in [-0.15, -0.1) is 11.3 Å². The maximum atomic E-state index is 13.0. The third-order valence-electron chi connectivity index (χ3n) is 7.76. The van der Waals surface area contributed by atoms with Gasteiger partial charge < -0.3 is 43.6 Å². The second-order valence-electron chi connectivity index (χ2n) is 11.6. The number of carbonyl (C=O) groups excluding carboxylic acids is 1. The van der Waals surface area contributed by atoms with Gasteiger partial charge in [-0.05, 0) is 69.2 Å². The van der Waals surface area contributed by atoms with Crippen LogP contribution in [0.5, 0.6) is 11.5 Å². The molecule has 0 radical (unpaired) electrons. The van der Waals surface area contributed by atoms with Gasteiger partial charge in [-0.3, -0.25) is 0 Å². The fraction of sp³-hybridized carbons (Fsp3) is 0.389. The van der Waals surface area contributed by atoms with Crippen LogP contribution in [-0.2, 0) is 13.3 Å². The van der Waals surface area contributed by atoms with Crippen molar-refractivity contribution < 1.29 is 27.9 Å². The number of phenols is 1. The number of rotatable bonds is 17. The van der Waals surface area contributed by atoms with Crippen molar-refractivity contribution in [2.45, 2.75) is 33.2 Å². The van der Waals surface area contributed by atoms with Crippen LogP contribution in [-0.4, -0.2) is 86.6 Å². The van der Waals surface area contributed by atoms with Crippen LogP contribution in [0, 0.1) is 0 Å². The first kappa shape index (κ1) is 37.7. The van der Waals surface area contributed by atoms with Gasteiger partial charge in [0.25, 0.3) is 0 Å². The molecule has 0 unspecified atom stereocenters. The summed E-state index contributed by atoms with van der Waals surface area (Å²) in [7, 11) is 6.72. The second-order valence-corrected chi connectivity index (χ2v) is 15.4. The van der Waals surface area contributed by atoms with Crippen LogP contribution < -0.4 is 25.2 Å². The molecule has 0 aliphatic rings. The smallest absolute Gasteiger partial charge is 0.500 e. The summed E-state index contributed by atoms with van der Waals surface area (Å²) in [6.07, 6.45) is 0.602. The first-order valence-corrected chi connectivity index (χ1v) is 19.2. The highest BCUT2D eigenvalue weighted by atomic mass is 32.1. The zero-order valence-electron chi connectivity index (χ0n) is 29.8. The van der Waals surface area contributed by atoms with E-state index in [2.05, 4.69) is 69.0 Å². The van der Waals surface area contributed by atoms with Gasteiger partial charge in [0, 0.05) is 83.1 Å². The fourth-order valence-corrected chi connectivity index (χ4v) is 9.01. The zero-order chi connectivity index (χ0) is 35.6. The number of carbonyl (C=O) groups is 1. The molecule has 4 rings (SSSR count). The molecule has 0 fully saturated rings. The SMILES string of the molecule is CCO[Si](CCCNC(=O)Nc1cc(-c2nc(-c3ccc(N(C)C)cc3)c(-c3ccc(N(C)C)cc3)s2)cc(OC)c1O)(OCC)OCC. The van der Waals surface area contributed by atoms with Gasteiger partial charge in [0.1, 0.15) is 5.01 Å². The Labute approximate surface area is 295 Å². The number of amides is 2. The predicted molar refractivity (Wildman–Crippen MR) is 202 cm³/mol. The number of hydrogen-bond donors (Lipinski definition) is 3. The molecular formula is C36H49N5O6SSi. The number of urea groups is 1. The average Bonchev–Trinajstić information content (AvgIpc) is 3.54. The number of aromatic hydroxyl groups is 1. The highest BCUT2D eigenvalue weighted by molar-refractivity contribution is 7.19. The minimum Gasteiger partial charge on any atom is -0.503 e. The fourth-order valence-electron chi connectivity index (χ4n) is 5.32. The van der Waals surface area contributed by atoms with Crippen molar-refractivity contribution in [3.05, 3.63) is 60.7 Å². The summed E-state index contributed by atoms with van der Waals surface area (Å²) in [5, 5.41) is 17.4. The Morgan fingerprint density at radius 1 is 0.837 bits per heavy atom. The molecule has 0 aliphatic heterocycles. The molecule has 0 aliphatic carbocycles. The van der Waals surface area contributed by atoms with Crippen LogP contribution >= 0.6 is 11.3 Å². The maximum absolute atomic E-state index is 13.0. The summed E-state index contributed by atoms with van der Waals surface area (Å²) in [5.41, 5.74) is 5.95. The summed E-state index contributed by atoms with van der Waals surface area (Å²) in [5.74, 6) is 0.0464. The molecule has 3 aromatic carbocycles. The van der Waals surface area contributed by atoms with Crippen LogP contribution in [0.2, 0.25) is 6.04 Å². The largest absolute Gasteiger partial charge is 0.503 e. The minimum atomic E-state index is -2.81. The molecule has 0 bridgehead atoms. The quantitative estimate of drug-likeness (QED) is 0.0581. The molecule has 1 heterocycles. The summed E-state index contributed by atoms with van der Waals surface area (Å²) in [4.78, 5) is 23.3. The Kier molecular flexibility index (Phi) is 13.4. The molecular weight excluding hydrogens is 659 g/mol. The van der Waals surface area contributed by atoms with Crippen molar-refractivity contribution in [1.82, 2.24) is 10.3 Å². The summed E-state index contributed by atoms with van der Waals surface area (Å²) in [6.45, 7) is 7.58. The van der Waals surface area contributed by atoms with Gasteiger partial charge in [-0.1, -0.05) is 24.3 Å². The molecule has 2 amide bonds. The van der Waals surface area contributed by atoms with Crippen molar-refractivity contribution in [2.75, 3.05) is 76.8 Å². The summed E-state index contributed by atoms with van der Waals surface area (Å²) >= 11 is 1.54. The van der Waals surface area contributed by atoms with E-state index in [1.807, 2.05) is 49.0 Å². The molecule has 0 saturated carbocycles. The molecule has 264 valence electrons. The molecule has 49 heavy (non-hydrogen) atoms. The van der Waals surface area contributed by atoms with Crippen LogP contribution in [0.4, 0.5) is 21.9 Å². The number of anilines is 3. The Morgan fingerprint density at radius 2 is 1.39 bits per heavy atom. The van der Waals surface area contributed by atoms with Crippen molar-refractivity contribution in [1.29, 1.82) is 0 Å². The molecule has 13 heteroatoms. The molecule has 0 spiro atoms. The van der Waals surface area contributed by atoms with Crippen LogP contribution in [0.1, 0.15) is 27.2 Å². The van der Waals surface area contributed by atoms with Crippen molar-refractivity contribution in [3.63, 3.8) is 0 Å². The number of nitrogens with one attached hydrogen (secondary N) is 2. The van der Waals surface area contributed by atoms with Crippen molar-refractivity contribution >= 4 is 43.2 Å². The summed E-state index contributed by atoms with van der Waals surface area (Å²) in [6, 6.07) is 20.2. The zero-order valence-corrected chi connectivity index (χ0v) is 31.6. The van der Waals surface area contributed by atoms with E-state index < -0.39 is 14.8 Å². The lowest BCUT2D eigenvalue weighted by atomic mass is 10.1. The maximum Gasteiger partial charge on any atom is 0.500 e. The third-order valence-corrected chi connectivity index (χ3v) is 12.1. The number of phenolic OH excluding ortho intramolecular Hbond substituents is 1. The van der Waals surface area contributed by atoms with Gasteiger partial charge in [0.05, 0.1) is 23.4 Å². The Bertz CT molecular complexity index is 1580. The van der Waals surface area contributed by atoms with Gasteiger partial charge in [0.2, 0.25) is 0 Å². The number of methoxy groups -OCH3 is 1. The number of benzene rings is 3. The van der Waals surface area contributed by atoms with E-state index in [9.17, 15) is 9.90 Å². The lowest BCUT2D eigenvalue weighted by Crippen LogP contribution is -2.46.